The Morgan fingerprint density at radius 3 is 2.30 bits per heavy atom. The Kier molecular flexibility index (Phi) is 5.00. The van der Waals surface area contributed by atoms with Crippen LogP contribution in [0.3, 0.4) is 0 Å². The molecule has 0 radical (unpaired) electrons. The number of hydrogen-bond donors (Lipinski definition) is 1. The van der Waals surface area contributed by atoms with Crippen molar-refractivity contribution in [3.63, 3.8) is 0 Å². The Bertz CT molecular complexity index is 1010. The summed E-state index contributed by atoms with van der Waals surface area (Å²) in [5.41, 5.74) is 0.375. The number of nitrogens with zero attached hydrogens (tertiary/aromatic N) is 1. The van der Waals surface area contributed by atoms with Crippen LogP contribution in [0, 0.1) is 0 Å². The van der Waals surface area contributed by atoms with Crippen molar-refractivity contribution in [2.75, 3.05) is 11.9 Å². The molecule has 0 spiro atoms. The summed E-state index contributed by atoms with van der Waals surface area (Å²) in [7, 11) is -3.76. The molecule has 0 aliphatic carbocycles. The number of benzene rings is 1. The van der Waals surface area contributed by atoms with E-state index in [1.165, 1.54) is 39.1 Å². The van der Waals surface area contributed by atoms with Gasteiger partial charge in [0.2, 0.25) is 10.0 Å². The predicted octanol–water partition coefficient (Wildman–Crippen LogP) is 3.53. The second-order valence-corrected chi connectivity index (χ2v) is 9.93. The summed E-state index contributed by atoms with van der Waals surface area (Å²) in [6.45, 7) is 0.512. The third-order valence-electron chi connectivity index (χ3n) is 4.05. The first kappa shape index (κ1) is 18.2. The molecule has 1 N–H and O–H groups in total. The van der Waals surface area contributed by atoms with E-state index >= 15 is 0 Å². The van der Waals surface area contributed by atoms with Crippen LogP contribution in [0.5, 0.6) is 5.75 Å². The molecule has 2 aromatic heterocycles. The largest absolute Gasteiger partial charge is 0.482 e. The fraction of sp³-hybridized carbons (Fsp3) is 0.167. The lowest BCUT2D eigenvalue weighted by Crippen LogP contribution is -2.30. The number of sulfonamides is 1. The van der Waals surface area contributed by atoms with E-state index in [0.717, 1.165) is 9.75 Å². The number of amides is 1. The number of carbonyl (C=O) groups is 1. The highest BCUT2D eigenvalue weighted by atomic mass is 32.2. The Balaban J connectivity index is 1.69. The number of ether oxygens (including phenoxy) is 1. The van der Waals surface area contributed by atoms with Gasteiger partial charge in [0, 0.05) is 22.8 Å². The normalized spacial score (nSPS) is 13.9. The van der Waals surface area contributed by atoms with E-state index in [0.29, 0.717) is 11.4 Å². The standard InChI is InChI=1S/C18H16N2O4S3/c21-18-12-24-17-6-5-15(9-16(17)19-18)27(22,23)20(10-13-3-1-7-25-13)11-14-4-2-8-26-14/h1-9H,10-12H2,(H,19,21). The highest BCUT2D eigenvalue weighted by molar-refractivity contribution is 7.89. The van der Waals surface area contributed by atoms with E-state index in [2.05, 4.69) is 5.32 Å². The van der Waals surface area contributed by atoms with E-state index in [1.54, 1.807) is 6.07 Å². The molecule has 0 unspecified atom stereocenters. The summed E-state index contributed by atoms with van der Waals surface area (Å²) in [5, 5.41) is 6.51. The summed E-state index contributed by atoms with van der Waals surface area (Å²) in [6.07, 6.45) is 0. The zero-order chi connectivity index (χ0) is 18.9. The molecule has 140 valence electrons. The lowest BCUT2D eigenvalue weighted by Gasteiger charge is -2.23. The van der Waals surface area contributed by atoms with E-state index in [-0.39, 0.29) is 30.5 Å². The lowest BCUT2D eigenvalue weighted by atomic mass is 10.2. The van der Waals surface area contributed by atoms with Crippen LogP contribution in [0.25, 0.3) is 0 Å². The topological polar surface area (TPSA) is 75.7 Å². The number of hydrogen-bond acceptors (Lipinski definition) is 6. The first-order valence-corrected chi connectivity index (χ1v) is 11.3. The molecule has 4 rings (SSSR count). The molecule has 0 fully saturated rings. The Hall–Kier alpha value is -2.20. The van der Waals surface area contributed by atoms with Crippen LogP contribution in [0.15, 0.2) is 58.1 Å². The monoisotopic (exact) mass is 420 g/mol. The molecule has 0 bridgehead atoms. The van der Waals surface area contributed by atoms with Gasteiger partial charge in [-0.15, -0.1) is 22.7 Å². The van der Waals surface area contributed by atoms with Gasteiger partial charge in [-0.3, -0.25) is 4.79 Å². The Labute approximate surface area is 165 Å². The fourth-order valence-electron chi connectivity index (χ4n) is 2.75. The van der Waals surface area contributed by atoms with Gasteiger partial charge in [0.15, 0.2) is 6.61 Å². The number of rotatable bonds is 6. The quantitative estimate of drug-likeness (QED) is 0.662. The van der Waals surface area contributed by atoms with Crippen LogP contribution in [0.4, 0.5) is 5.69 Å². The lowest BCUT2D eigenvalue weighted by molar-refractivity contribution is -0.118. The molecule has 1 aliphatic rings. The van der Waals surface area contributed by atoms with Gasteiger partial charge in [-0.25, -0.2) is 8.42 Å². The Morgan fingerprint density at radius 1 is 1.04 bits per heavy atom. The number of thiophene rings is 2. The van der Waals surface area contributed by atoms with Crippen molar-refractivity contribution in [2.45, 2.75) is 18.0 Å². The second kappa shape index (κ2) is 7.43. The minimum atomic E-state index is -3.76. The van der Waals surface area contributed by atoms with Crippen LogP contribution >= 0.6 is 22.7 Å². The van der Waals surface area contributed by atoms with E-state index in [1.807, 2.05) is 35.0 Å². The van der Waals surface area contributed by atoms with Crippen molar-refractivity contribution in [2.24, 2.45) is 0 Å². The smallest absolute Gasteiger partial charge is 0.262 e. The van der Waals surface area contributed by atoms with Gasteiger partial charge < -0.3 is 10.1 Å². The molecule has 0 atom stereocenters. The minimum Gasteiger partial charge on any atom is -0.482 e. The van der Waals surface area contributed by atoms with Crippen LogP contribution in [0.2, 0.25) is 0 Å². The van der Waals surface area contributed by atoms with Gasteiger partial charge in [0.1, 0.15) is 5.75 Å². The summed E-state index contributed by atoms with van der Waals surface area (Å²) < 4.78 is 33.4. The molecular formula is C18H16N2O4S3. The van der Waals surface area contributed by atoms with Crippen molar-refractivity contribution in [1.29, 1.82) is 0 Å². The molecule has 1 aliphatic heterocycles. The molecule has 0 saturated heterocycles. The molecule has 1 amide bonds. The second-order valence-electron chi connectivity index (χ2n) is 5.93. The van der Waals surface area contributed by atoms with Gasteiger partial charge in [-0.05, 0) is 41.1 Å². The number of nitrogens with one attached hydrogen (secondary N) is 1. The number of fused-ring (bicyclic) bond motifs is 1. The maximum absolute atomic E-state index is 13.3. The van der Waals surface area contributed by atoms with Gasteiger partial charge in [-0.1, -0.05) is 12.1 Å². The predicted molar refractivity (Wildman–Crippen MR) is 106 cm³/mol. The summed E-state index contributed by atoms with van der Waals surface area (Å²) in [4.78, 5) is 13.6. The maximum atomic E-state index is 13.3. The Morgan fingerprint density at radius 2 is 1.70 bits per heavy atom. The molecule has 3 aromatic rings. The molecule has 1 aromatic carbocycles. The third-order valence-corrected chi connectivity index (χ3v) is 7.56. The van der Waals surface area contributed by atoms with Gasteiger partial charge in [-0.2, -0.15) is 4.31 Å². The fourth-order valence-corrected chi connectivity index (χ4v) is 5.78. The highest BCUT2D eigenvalue weighted by Crippen LogP contribution is 2.32. The molecular weight excluding hydrogens is 404 g/mol. The van der Waals surface area contributed by atoms with Crippen molar-refractivity contribution in [1.82, 2.24) is 4.31 Å². The highest BCUT2D eigenvalue weighted by Gasteiger charge is 2.28. The van der Waals surface area contributed by atoms with Crippen LogP contribution in [-0.2, 0) is 27.9 Å². The molecule has 27 heavy (non-hydrogen) atoms. The zero-order valence-electron chi connectivity index (χ0n) is 14.1. The van der Waals surface area contributed by atoms with Gasteiger partial charge in [0.05, 0.1) is 10.6 Å². The zero-order valence-corrected chi connectivity index (χ0v) is 16.6. The average Bonchev–Trinajstić information content (AvgIpc) is 3.34. The minimum absolute atomic E-state index is 0.0675. The van der Waals surface area contributed by atoms with Crippen molar-refractivity contribution < 1.29 is 17.9 Å². The first-order chi connectivity index (χ1) is 13.0. The van der Waals surface area contributed by atoms with Crippen molar-refractivity contribution >= 4 is 44.3 Å². The average molecular weight is 421 g/mol. The van der Waals surface area contributed by atoms with E-state index in [4.69, 9.17) is 4.74 Å². The van der Waals surface area contributed by atoms with Gasteiger partial charge >= 0.3 is 0 Å². The summed E-state index contributed by atoms with van der Waals surface area (Å²) in [5.74, 6) is 0.169. The summed E-state index contributed by atoms with van der Waals surface area (Å²) >= 11 is 3.04. The van der Waals surface area contributed by atoms with Crippen molar-refractivity contribution in [3.05, 3.63) is 63.0 Å². The van der Waals surface area contributed by atoms with E-state index in [9.17, 15) is 13.2 Å². The van der Waals surface area contributed by atoms with Crippen LogP contribution in [-0.4, -0.2) is 25.2 Å². The third kappa shape index (κ3) is 3.91. The van der Waals surface area contributed by atoms with Crippen LogP contribution in [0.1, 0.15) is 9.75 Å². The molecule has 3 heterocycles. The van der Waals surface area contributed by atoms with Crippen LogP contribution < -0.4 is 10.1 Å². The molecule has 0 saturated carbocycles. The van der Waals surface area contributed by atoms with Crippen molar-refractivity contribution in [3.8, 4) is 5.75 Å². The molecule has 6 nitrogen and oxygen atoms in total. The summed E-state index contributed by atoms with van der Waals surface area (Å²) in [6, 6.07) is 12.2. The number of anilines is 1. The first-order valence-electron chi connectivity index (χ1n) is 8.14. The SMILES string of the molecule is O=C1COc2ccc(S(=O)(=O)N(Cc3cccs3)Cc3cccs3)cc2N1. The van der Waals surface area contributed by atoms with E-state index < -0.39 is 10.0 Å². The maximum Gasteiger partial charge on any atom is 0.262 e. The van der Waals surface area contributed by atoms with Gasteiger partial charge in [0.25, 0.3) is 5.91 Å². The molecule has 9 heteroatoms. The number of carbonyl (C=O) groups excluding carboxylic acids is 1.